The number of methoxy groups -OCH3 is 1. The van der Waals surface area contributed by atoms with Crippen molar-refractivity contribution < 1.29 is 9.53 Å². The van der Waals surface area contributed by atoms with E-state index < -0.39 is 6.10 Å². The van der Waals surface area contributed by atoms with Crippen molar-refractivity contribution in [3.8, 4) is 0 Å². The molecule has 3 N–H and O–H groups in total. The van der Waals surface area contributed by atoms with Crippen molar-refractivity contribution in [2.45, 2.75) is 38.8 Å². The van der Waals surface area contributed by atoms with E-state index in [9.17, 15) is 4.79 Å². The average Bonchev–Trinajstić information content (AvgIpc) is 2.48. The SMILES string of the molecule is CCC(CC)C(N)CNC(=O)C(OC)c1ccccc1. The standard InChI is InChI=1S/C16H26N2O2/c1-4-12(5-2)14(17)11-18-16(19)15(20-3)13-9-7-6-8-10-13/h6-10,12,14-15H,4-5,11,17H2,1-3H3,(H,18,19). The summed E-state index contributed by atoms with van der Waals surface area (Å²) in [7, 11) is 1.54. The lowest BCUT2D eigenvalue weighted by Crippen LogP contribution is -2.43. The molecule has 1 rings (SSSR count). The van der Waals surface area contributed by atoms with Gasteiger partial charge in [0.05, 0.1) is 0 Å². The third-order valence-electron chi connectivity index (χ3n) is 3.74. The molecule has 0 saturated heterocycles. The maximum Gasteiger partial charge on any atom is 0.253 e. The third-order valence-corrected chi connectivity index (χ3v) is 3.74. The smallest absolute Gasteiger partial charge is 0.253 e. The molecule has 0 aromatic heterocycles. The maximum absolute atomic E-state index is 12.2. The van der Waals surface area contributed by atoms with Gasteiger partial charge in [0.15, 0.2) is 6.10 Å². The first-order valence-electron chi connectivity index (χ1n) is 7.25. The summed E-state index contributed by atoms with van der Waals surface area (Å²) in [5, 5.41) is 2.89. The van der Waals surface area contributed by atoms with Crippen LogP contribution in [-0.4, -0.2) is 25.6 Å². The van der Waals surface area contributed by atoms with Gasteiger partial charge in [0.1, 0.15) is 0 Å². The van der Waals surface area contributed by atoms with E-state index in [0.29, 0.717) is 12.5 Å². The lowest BCUT2D eigenvalue weighted by atomic mass is 9.95. The van der Waals surface area contributed by atoms with Crippen molar-refractivity contribution in [2.24, 2.45) is 11.7 Å². The van der Waals surface area contributed by atoms with E-state index in [-0.39, 0.29) is 11.9 Å². The molecule has 1 amide bonds. The fraction of sp³-hybridized carbons (Fsp3) is 0.562. The Bertz CT molecular complexity index is 391. The summed E-state index contributed by atoms with van der Waals surface area (Å²) >= 11 is 0. The van der Waals surface area contributed by atoms with Gasteiger partial charge >= 0.3 is 0 Å². The molecule has 0 aliphatic carbocycles. The van der Waals surface area contributed by atoms with E-state index in [1.54, 1.807) is 0 Å². The fourth-order valence-corrected chi connectivity index (χ4v) is 2.39. The number of nitrogens with one attached hydrogen (secondary N) is 1. The topological polar surface area (TPSA) is 64.3 Å². The molecule has 4 heteroatoms. The highest BCUT2D eigenvalue weighted by Gasteiger charge is 2.21. The first-order valence-corrected chi connectivity index (χ1v) is 7.25. The van der Waals surface area contributed by atoms with Crippen molar-refractivity contribution in [3.63, 3.8) is 0 Å². The molecule has 2 atom stereocenters. The summed E-state index contributed by atoms with van der Waals surface area (Å²) in [6.07, 6.45) is 1.48. The molecular weight excluding hydrogens is 252 g/mol. The van der Waals surface area contributed by atoms with Gasteiger partial charge < -0.3 is 15.8 Å². The second kappa shape index (κ2) is 8.72. The van der Waals surface area contributed by atoms with Gasteiger partial charge in [-0.25, -0.2) is 0 Å². The van der Waals surface area contributed by atoms with Crippen LogP contribution in [0, 0.1) is 5.92 Å². The zero-order valence-electron chi connectivity index (χ0n) is 12.6. The monoisotopic (exact) mass is 278 g/mol. The summed E-state index contributed by atoms with van der Waals surface area (Å²) in [5.41, 5.74) is 6.96. The Morgan fingerprint density at radius 1 is 1.25 bits per heavy atom. The number of nitrogens with two attached hydrogens (primary N) is 1. The number of hydrogen-bond donors (Lipinski definition) is 2. The van der Waals surface area contributed by atoms with E-state index in [1.165, 1.54) is 7.11 Å². The largest absolute Gasteiger partial charge is 0.367 e. The first kappa shape index (κ1) is 16.7. The van der Waals surface area contributed by atoms with E-state index in [4.69, 9.17) is 10.5 Å². The number of amides is 1. The van der Waals surface area contributed by atoms with Gasteiger partial charge in [-0.3, -0.25) is 4.79 Å². The van der Waals surface area contributed by atoms with Gasteiger partial charge in [-0.2, -0.15) is 0 Å². The lowest BCUT2D eigenvalue weighted by molar-refractivity contribution is -0.131. The predicted octanol–water partition coefficient (Wildman–Crippen LogP) is 2.25. The van der Waals surface area contributed by atoms with Gasteiger partial charge in [0.2, 0.25) is 0 Å². The van der Waals surface area contributed by atoms with Gasteiger partial charge in [-0.15, -0.1) is 0 Å². The summed E-state index contributed by atoms with van der Waals surface area (Å²) < 4.78 is 5.29. The van der Waals surface area contributed by atoms with E-state index in [1.807, 2.05) is 30.3 Å². The number of rotatable bonds is 8. The molecule has 0 bridgehead atoms. The normalized spacial score (nSPS) is 14.1. The molecule has 0 aliphatic heterocycles. The van der Waals surface area contributed by atoms with Crippen LogP contribution in [0.5, 0.6) is 0 Å². The van der Waals surface area contributed by atoms with E-state index in [0.717, 1.165) is 18.4 Å². The molecule has 2 unspecified atom stereocenters. The maximum atomic E-state index is 12.2. The molecule has 0 aliphatic rings. The van der Waals surface area contributed by atoms with Gasteiger partial charge in [-0.1, -0.05) is 57.0 Å². The molecule has 1 aromatic carbocycles. The van der Waals surface area contributed by atoms with Crippen LogP contribution in [0.25, 0.3) is 0 Å². The van der Waals surface area contributed by atoms with Gasteiger partial charge in [0, 0.05) is 19.7 Å². The van der Waals surface area contributed by atoms with Crippen LogP contribution in [0.1, 0.15) is 38.4 Å². The second-order valence-electron chi connectivity index (χ2n) is 5.01. The van der Waals surface area contributed by atoms with Crippen LogP contribution in [0.4, 0.5) is 0 Å². The van der Waals surface area contributed by atoms with E-state index >= 15 is 0 Å². The number of hydrogen-bond acceptors (Lipinski definition) is 3. The summed E-state index contributed by atoms with van der Waals surface area (Å²) in [5.74, 6) is 0.299. The van der Waals surface area contributed by atoms with Crippen LogP contribution in [0.2, 0.25) is 0 Å². The predicted molar refractivity (Wildman–Crippen MR) is 81.2 cm³/mol. The molecule has 112 valence electrons. The number of carbonyl (C=O) groups excluding carboxylic acids is 1. The summed E-state index contributed by atoms with van der Waals surface area (Å²) in [6, 6.07) is 9.46. The molecule has 0 heterocycles. The fourth-order valence-electron chi connectivity index (χ4n) is 2.39. The van der Waals surface area contributed by atoms with Gasteiger partial charge in [0.25, 0.3) is 5.91 Å². The highest BCUT2D eigenvalue weighted by atomic mass is 16.5. The number of carbonyl (C=O) groups is 1. The summed E-state index contributed by atoms with van der Waals surface area (Å²) in [6.45, 7) is 4.73. The van der Waals surface area contributed by atoms with Crippen LogP contribution < -0.4 is 11.1 Å². The van der Waals surface area contributed by atoms with E-state index in [2.05, 4.69) is 19.2 Å². The molecule has 0 fully saturated rings. The van der Waals surface area contributed by atoms with Gasteiger partial charge in [-0.05, 0) is 11.5 Å². The second-order valence-corrected chi connectivity index (χ2v) is 5.01. The molecular formula is C16H26N2O2. The number of benzene rings is 1. The highest BCUT2D eigenvalue weighted by Crippen LogP contribution is 2.16. The Morgan fingerprint density at radius 3 is 2.35 bits per heavy atom. The molecule has 0 radical (unpaired) electrons. The Kier molecular flexibility index (Phi) is 7.26. The van der Waals surface area contributed by atoms with Crippen LogP contribution in [-0.2, 0) is 9.53 Å². The zero-order chi connectivity index (χ0) is 15.0. The van der Waals surface area contributed by atoms with Crippen molar-refractivity contribution >= 4 is 5.91 Å². The zero-order valence-corrected chi connectivity index (χ0v) is 12.6. The number of ether oxygens (including phenoxy) is 1. The van der Waals surface area contributed by atoms with Crippen LogP contribution >= 0.6 is 0 Å². The van der Waals surface area contributed by atoms with Crippen molar-refractivity contribution in [3.05, 3.63) is 35.9 Å². The highest BCUT2D eigenvalue weighted by molar-refractivity contribution is 5.82. The van der Waals surface area contributed by atoms with Crippen molar-refractivity contribution in [1.82, 2.24) is 5.32 Å². The summed E-state index contributed by atoms with van der Waals surface area (Å²) in [4.78, 5) is 12.2. The average molecular weight is 278 g/mol. The minimum absolute atomic E-state index is 0.0118. The Labute approximate surface area is 121 Å². The van der Waals surface area contributed by atoms with Crippen LogP contribution in [0.15, 0.2) is 30.3 Å². The minimum atomic E-state index is -0.579. The lowest BCUT2D eigenvalue weighted by Gasteiger charge is -2.23. The minimum Gasteiger partial charge on any atom is -0.367 e. The Hall–Kier alpha value is -1.39. The van der Waals surface area contributed by atoms with Crippen LogP contribution in [0.3, 0.4) is 0 Å². The third kappa shape index (κ3) is 4.62. The first-order chi connectivity index (χ1) is 9.63. The van der Waals surface area contributed by atoms with Crippen molar-refractivity contribution in [2.75, 3.05) is 13.7 Å². The van der Waals surface area contributed by atoms with Crippen molar-refractivity contribution in [1.29, 1.82) is 0 Å². The molecule has 4 nitrogen and oxygen atoms in total. The molecule has 20 heavy (non-hydrogen) atoms. The Morgan fingerprint density at radius 2 is 1.85 bits per heavy atom. The molecule has 0 saturated carbocycles. The molecule has 0 spiro atoms. The Balaban J connectivity index is 2.57. The molecule has 1 aromatic rings. The quantitative estimate of drug-likeness (QED) is 0.766.